The summed E-state index contributed by atoms with van der Waals surface area (Å²) in [4.78, 5) is 18.4. The Balaban J connectivity index is 2.10. The van der Waals surface area contributed by atoms with Crippen molar-refractivity contribution in [3.05, 3.63) is 24.0 Å². The molecular formula is C13H19N3OS. The van der Waals surface area contributed by atoms with E-state index in [0.717, 1.165) is 31.1 Å². The monoisotopic (exact) mass is 265 g/mol. The van der Waals surface area contributed by atoms with Crippen LogP contribution in [0.2, 0.25) is 0 Å². The maximum absolute atomic E-state index is 12.3. The Morgan fingerprint density at radius 3 is 3.22 bits per heavy atom. The zero-order valence-corrected chi connectivity index (χ0v) is 11.7. The molecule has 1 atom stereocenters. The molecule has 0 aliphatic carbocycles. The quantitative estimate of drug-likeness (QED) is 0.909. The summed E-state index contributed by atoms with van der Waals surface area (Å²) >= 11 is 1.92. The third kappa shape index (κ3) is 3.16. The number of amides is 1. The number of carbonyl (C=O) groups is 1. The van der Waals surface area contributed by atoms with Gasteiger partial charge >= 0.3 is 0 Å². The Morgan fingerprint density at radius 1 is 1.67 bits per heavy atom. The normalized spacial score (nSPS) is 19.7. The van der Waals surface area contributed by atoms with Crippen molar-refractivity contribution in [1.82, 2.24) is 9.88 Å². The molecule has 98 valence electrons. The fraction of sp³-hybridized carbons (Fsp3) is 0.538. The number of thioether (sulfide) groups is 1. The van der Waals surface area contributed by atoms with Gasteiger partial charge in [0.2, 0.25) is 0 Å². The first-order valence-electron chi connectivity index (χ1n) is 6.31. The van der Waals surface area contributed by atoms with Crippen LogP contribution in [0.5, 0.6) is 0 Å². The molecule has 0 bridgehead atoms. The number of hydrogen-bond donors (Lipinski definition) is 1. The molecule has 1 unspecified atom stereocenters. The van der Waals surface area contributed by atoms with Gasteiger partial charge in [0.1, 0.15) is 5.69 Å². The number of nitrogens with one attached hydrogen (secondary N) is 1. The number of carbonyl (C=O) groups excluding carboxylic acids is 1. The van der Waals surface area contributed by atoms with Crippen LogP contribution in [-0.2, 0) is 0 Å². The van der Waals surface area contributed by atoms with Gasteiger partial charge in [0, 0.05) is 42.5 Å². The van der Waals surface area contributed by atoms with Crippen LogP contribution in [0, 0.1) is 0 Å². The highest BCUT2D eigenvalue weighted by Crippen LogP contribution is 2.19. The first-order valence-corrected chi connectivity index (χ1v) is 7.36. The summed E-state index contributed by atoms with van der Waals surface area (Å²) in [7, 11) is 0. The van der Waals surface area contributed by atoms with Crippen LogP contribution in [0.4, 0.5) is 5.69 Å². The molecule has 1 aromatic rings. The van der Waals surface area contributed by atoms with Crippen molar-refractivity contribution < 1.29 is 4.79 Å². The van der Waals surface area contributed by atoms with Gasteiger partial charge in [0.25, 0.3) is 5.91 Å². The van der Waals surface area contributed by atoms with Crippen molar-refractivity contribution in [3.63, 3.8) is 0 Å². The van der Waals surface area contributed by atoms with Crippen LogP contribution >= 0.6 is 11.8 Å². The second-order valence-corrected chi connectivity index (χ2v) is 5.94. The van der Waals surface area contributed by atoms with Gasteiger partial charge < -0.3 is 10.2 Å². The summed E-state index contributed by atoms with van der Waals surface area (Å²) in [5.74, 6) is 1.06. The van der Waals surface area contributed by atoms with Crippen molar-refractivity contribution in [3.8, 4) is 0 Å². The minimum Gasteiger partial charge on any atom is -0.385 e. The highest BCUT2D eigenvalue weighted by Gasteiger charge is 2.23. The SMILES string of the molecule is CCNc1ccnc(C(=O)N2CCSC(C)C2)c1. The molecule has 0 saturated carbocycles. The van der Waals surface area contributed by atoms with Gasteiger partial charge in [0.15, 0.2) is 0 Å². The number of nitrogens with zero attached hydrogens (tertiary/aromatic N) is 2. The molecule has 1 aliphatic rings. The second kappa shape index (κ2) is 6.09. The molecular weight excluding hydrogens is 246 g/mol. The van der Waals surface area contributed by atoms with E-state index in [1.807, 2.05) is 35.7 Å². The van der Waals surface area contributed by atoms with E-state index in [-0.39, 0.29) is 5.91 Å². The third-order valence-electron chi connectivity index (χ3n) is 2.89. The molecule has 0 spiro atoms. The van der Waals surface area contributed by atoms with E-state index in [0.29, 0.717) is 10.9 Å². The minimum atomic E-state index is 0.0434. The van der Waals surface area contributed by atoms with E-state index >= 15 is 0 Å². The predicted octanol–water partition coefficient (Wildman–Crippen LogP) is 2.09. The average molecular weight is 265 g/mol. The third-order valence-corrected chi connectivity index (χ3v) is 4.02. The van der Waals surface area contributed by atoms with Crippen LogP contribution < -0.4 is 5.32 Å². The van der Waals surface area contributed by atoms with Crippen LogP contribution in [-0.4, -0.2) is 46.4 Å². The molecule has 0 radical (unpaired) electrons. The van der Waals surface area contributed by atoms with E-state index in [2.05, 4.69) is 17.2 Å². The Hall–Kier alpha value is -1.23. The number of hydrogen-bond acceptors (Lipinski definition) is 4. The van der Waals surface area contributed by atoms with Crippen LogP contribution in [0.1, 0.15) is 24.3 Å². The molecule has 1 fully saturated rings. The number of pyridine rings is 1. The zero-order valence-electron chi connectivity index (χ0n) is 10.8. The summed E-state index contributed by atoms with van der Waals surface area (Å²) in [6.45, 7) is 6.67. The fourth-order valence-corrected chi connectivity index (χ4v) is 3.04. The lowest BCUT2D eigenvalue weighted by atomic mass is 10.2. The largest absolute Gasteiger partial charge is 0.385 e. The number of rotatable bonds is 3. The van der Waals surface area contributed by atoms with Gasteiger partial charge in [-0.2, -0.15) is 11.8 Å². The Labute approximate surface area is 112 Å². The molecule has 1 amide bonds. The molecule has 18 heavy (non-hydrogen) atoms. The Bertz CT molecular complexity index is 424. The smallest absolute Gasteiger partial charge is 0.272 e. The van der Waals surface area contributed by atoms with Gasteiger partial charge in [-0.25, -0.2) is 0 Å². The van der Waals surface area contributed by atoms with Crippen LogP contribution in [0.3, 0.4) is 0 Å². The maximum Gasteiger partial charge on any atom is 0.272 e. The van der Waals surface area contributed by atoms with Gasteiger partial charge in [0.05, 0.1) is 0 Å². The Morgan fingerprint density at radius 2 is 2.50 bits per heavy atom. The summed E-state index contributed by atoms with van der Waals surface area (Å²) in [6.07, 6.45) is 1.69. The lowest BCUT2D eigenvalue weighted by molar-refractivity contribution is 0.0757. The zero-order chi connectivity index (χ0) is 13.0. The van der Waals surface area contributed by atoms with Crippen molar-refractivity contribution in [2.45, 2.75) is 19.1 Å². The maximum atomic E-state index is 12.3. The average Bonchev–Trinajstić information content (AvgIpc) is 2.39. The molecule has 0 aromatic carbocycles. The molecule has 2 rings (SSSR count). The van der Waals surface area contributed by atoms with E-state index in [4.69, 9.17) is 0 Å². The highest BCUT2D eigenvalue weighted by molar-refractivity contribution is 7.99. The summed E-state index contributed by atoms with van der Waals surface area (Å²) in [5, 5.41) is 3.71. The summed E-state index contributed by atoms with van der Waals surface area (Å²) in [6, 6.07) is 3.72. The van der Waals surface area contributed by atoms with Gasteiger partial charge in [-0.1, -0.05) is 6.92 Å². The van der Waals surface area contributed by atoms with E-state index in [9.17, 15) is 4.79 Å². The lowest BCUT2D eigenvalue weighted by Crippen LogP contribution is -2.41. The standard InChI is InChI=1S/C13H19N3OS/c1-3-14-11-4-5-15-12(8-11)13(17)16-6-7-18-10(2)9-16/h4-5,8,10H,3,6-7,9H2,1-2H3,(H,14,15). The number of anilines is 1. The predicted molar refractivity (Wildman–Crippen MR) is 76.2 cm³/mol. The van der Waals surface area contributed by atoms with Gasteiger partial charge in [-0.05, 0) is 19.1 Å². The first kappa shape index (κ1) is 13.2. The summed E-state index contributed by atoms with van der Waals surface area (Å²) in [5.41, 5.74) is 1.49. The Kier molecular flexibility index (Phi) is 4.47. The second-order valence-electron chi connectivity index (χ2n) is 4.39. The van der Waals surface area contributed by atoms with Crippen molar-refractivity contribution in [1.29, 1.82) is 0 Å². The van der Waals surface area contributed by atoms with Crippen molar-refractivity contribution >= 4 is 23.4 Å². The number of aromatic nitrogens is 1. The topological polar surface area (TPSA) is 45.2 Å². The molecule has 1 aromatic heterocycles. The molecule has 2 heterocycles. The summed E-state index contributed by atoms with van der Waals surface area (Å²) < 4.78 is 0. The van der Waals surface area contributed by atoms with Crippen molar-refractivity contribution in [2.75, 3.05) is 30.7 Å². The first-order chi connectivity index (χ1) is 8.70. The van der Waals surface area contributed by atoms with E-state index in [1.165, 1.54) is 0 Å². The molecule has 1 N–H and O–H groups in total. The van der Waals surface area contributed by atoms with Gasteiger partial charge in [-0.15, -0.1) is 0 Å². The molecule has 1 saturated heterocycles. The van der Waals surface area contributed by atoms with Crippen LogP contribution in [0.25, 0.3) is 0 Å². The molecule has 1 aliphatic heterocycles. The van der Waals surface area contributed by atoms with Gasteiger partial charge in [-0.3, -0.25) is 9.78 Å². The van der Waals surface area contributed by atoms with Crippen molar-refractivity contribution in [2.24, 2.45) is 0 Å². The minimum absolute atomic E-state index is 0.0434. The van der Waals surface area contributed by atoms with E-state index in [1.54, 1.807) is 6.20 Å². The van der Waals surface area contributed by atoms with E-state index < -0.39 is 0 Å². The molecule has 5 heteroatoms. The fourth-order valence-electron chi connectivity index (χ4n) is 2.03. The molecule has 4 nitrogen and oxygen atoms in total. The van der Waals surface area contributed by atoms with Crippen LogP contribution in [0.15, 0.2) is 18.3 Å². The lowest BCUT2D eigenvalue weighted by Gasteiger charge is -2.30. The highest BCUT2D eigenvalue weighted by atomic mass is 32.2.